The Labute approximate surface area is 387 Å². The molecular formula is C39H60Cl3N9O13. The predicted molar refractivity (Wildman–Crippen MR) is 232 cm³/mol. The summed E-state index contributed by atoms with van der Waals surface area (Å²) >= 11 is 17.4. The van der Waals surface area contributed by atoms with Crippen molar-refractivity contribution in [2.45, 2.75) is 100 Å². The lowest BCUT2D eigenvalue weighted by atomic mass is 9.95. The van der Waals surface area contributed by atoms with E-state index in [1.165, 1.54) is 16.8 Å². The lowest BCUT2D eigenvalue weighted by Crippen LogP contribution is -2.70. The first kappa shape index (κ1) is 55.4. The Kier molecular flexibility index (Phi) is 25.7. The fraction of sp³-hybridized carbons (Fsp3) is 0.667. The van der Waals surface area contributed by atoms with E-state index in [-0.39, 0.29) is 19.8 Å². The molecule has 64 heavy (non-hydrogen) atoms. The van der Waals surface area contributed by atoms with Crippen LogP contribution in [0.4, 0.5) is 9.59 Å². The minimum absolute atomic E-state index is 0.0798. The summed E-state index contributed by atoms with van der Waals surface area (Å²) in [4.78, 5) is 90.5. The molecule has 0 bridgehead atoms. The lowest BCUT2D eigenvalue weighted by molar-refractivity contribution is -0.228. The molecule has 5 N–H and O–H groups in total. The highest BCUT2D eigenvalue weighted by Crippen LogP contribution is 2.30. The van der Waals surface area contributed by atoms with E-state index >= 15 is 0 Å². The molecule has 0 aromatic carbocycles. The molecule has 2 heterocycles. The maximum Gasteiger partial charge on any atom is 0.410 e. The summed E-state index contributed by atoms with van der Waals surface area (Å²) in [5, 5.41) is 16.4. The molecule has 1 aliphatic heterocycles. The van der Waals surface area contributed by atoms with Crippen LogP contribution in [0.3, 0.4) is 0 Å². The smallest absolute Gasteiger partial charge is 0.410 e. The van der Waals surface area contributed by atoms with Crippen LogP contribution in [-0.2, 0) is 65.4 Å². The van der Waals surface area contributed by atoms with Crippen LogP contribution in [0, 0.1) is 0 Å². The van der Waals surface area contributed by atoms with Crippen LogP contribution in [0.25, 0.3) is 0 Å². The third-order valence-electron chi connectivity index (χ3n) is 8.97. The van der Waals surface area contributed by atoms with Gasteiger partial charge in [0.15, 0.2) is 18.4 Å². The Balaban J connectivity index is 1.96. The number of rotatable bonds is 28. The molecule has 1 aromatic heterocycles. The molecule has 5 atom stereocenters. The number of carbonyl (C=O) groups excluding carboxylic acids is 7. The average Bonchev–Trinajstić information content (AvgIpc) is 3.67. The second-order valence-electron chi connectivity index (χ2n) is 14.3. The number of alkyl halides is 3. The Hall–Kier alpha value is -4.74. The molecule has 0 aliphatic carbocycles. The molecule has 1 saturated heterocycles. The van der Waals surface area contributed by atoms with E-state index < -0.39 is 82.9 Å². The third-order valence-corrected chi connectivity index (χ3v) is 9.48. The lowest BCUT2D eigenvalue weighted by Gasteiger charge is -2.45. The van der Waals surface area contributed by atoms with Crippen molar-refractivity contribution in [3.8, 4) is 0 Å². The van der Waals surface area contributed by atoms with Gasteiger partial charge < -0.3 is 59.9 Å². The molecule has 22 nitrogen and oxygen atoms in total. The fourth-order valence-electron chi connectivity index (χ4n) is 6.17. The van der Waals surface area contributed by atoms with Crippen LogP contribution >= 0.6 is 34.8 Å². The van der Waals surface area contributed by atoms with Gasteiger partial charge in [0.2, 0.25) is 5.91 Å². The second kappa shape index (κ2) is 29.7. The molecule has 2 rings (SSSR count). The highest BCUT2D eigenvalue weighted by atomic mass is 35.6. The Bertz CT molecular complexity index is 1700. The highest BCUT2D eigenvalue weighted by molar-refractivity contribution is 6.76. The van der Waals surface area contributed by atoms with Gasteiger partial charge in [-0.3, -0.25) is 24.0 Å². The van der Waals surface area contributed by atoms with Crippen LogP contribution in [0.2, 0.25) is 0 Å². The largest absolute Gasteiger partial charge is 0.463 e. The number of esters is 3. The Morgan fingerprint density at radius 3 is 1.92 bits per heavy atom. The van der Waals surface area contributed by atoms with Gasteiger partial charge in [0.05, 0.1) is 5.69 Å². The van der Waals surface area contributed by atoms with Gasteiger partial charge >= 0.3 is 30.1 Å². The summed E-state index contributed by atoms with van der Waals surface area (Å²) in [6.45, 7) is 13.2. The highest BCUT2D eigenvalue weighted by Gasteiger charge is 2.52. The maximum absolute atomic E-state index is 13.4. The topological polar surface area (TPSA) is 274 Å². The average molecular weight is 969 g/mol. The monoisotopic (exact) mass is 967 g/mol. The van der Waals surface area contributed by atoms with E-state index in [1.54, 1.807) is 16.0 Å². The molecule has 4 amide bonds. The van der Waals surface area contributed by atoms with Crippen molar-refractivity contribution in [2.24, 2.45) is 5.73 Å². The first-order chi connectivity index (χ1) is 30.4. The number of nitrogens with one attached hydrogen (secondary N) is 3. The number of amides is 4. The molecule has 0 spiro atoms. The van der Waals surface area contributed by atoms with E-state index in [9.17, 15) is 33.6 Å². The minimum Gasteiger partial charge on any atom is -0.463 e. The van der Waals surface area contributed by atoms with Gasteiger partial charge in [-0.1, -0.05) is 65.3 Å². The van der Waals surface area contributed by atoms with Crippen molar-refractivity contribution in [2.75, 3.05) is 65.6 Å². The van der Waals surface area contributed by atoms with Gasteiger partial charge in [0.25, 0.3) is 9.70 Å². The summed E-state index contributed by atoms with van der Waals surface area (Å²) in [6, 6.07) is -1.49. The molecule has 1 unspecified atom stereocenters. The normalized spacial score (nSPS) is 18.1. The number of ether oxygens (including phenoxy) is 6. The first-order valence-electron chi connectivity index (χ1n) is 20.5. The van der Waals surface area contributed by atoms with Crippen LogP contribution in [0.15, 0.2) is 31.5 Å². The number of halogens is 3. The van der Waals surface area contributed by atoms with Crippen LogP contribution in [0.1, 0.15) is 58.6 Å². The number of unbranched alkanes of at least 4 members (excludes halogenated alkanes) is 1. The van der Waals surface area contributed by atoms with Gasteiger partial charge in [-0.25, -0.2) is 14.3 Å². The van der Waals surface area contributed by atoms with E-state index in [0.29, 0.717) is 90.0 Å². The molecule has 1 fully saturated rings. The van der Waals surface area contributed by atoms with Crippen molar-refractivity contribution in [3.05, 3.63) is 37.2 Å². The maximum atomic E-state index is 13.4. The zero-order valence-electron chi connectivity index (χ0n) is 36.3. The first-order valence-corrected chi connectivity index (χ1v) is 21.7. The molecule has 1 aliphatic rings. The van der Waals surface area contributed by atoms with E-state index in [2.05, 4.69) is 39.4 Å². The third kappa shape index (κ3) is 21.3. The molecule has 25 heteroatoms. The minimum atomic E-state index is -2.50. The van der Waals surface area contributed by atoms with Gasteiger partial charge in [-0.2, -0.15) is 0 Å². The van der Waals surface area contributed by atoms with E-state index in [1.807, 2.05) is 0 Å². The van der Waals surface area contributed by atoms with Crippen molar-refractivity contribution >= 4 is 76.7 Å². The van der Waals surface area contributed by atoms with Gasteiger partial charge in [0.1, 0.15) is 38.5 Å². The van der Waals surface area contributed by atoms with Crippen molar-refractivity contribution in [1.82, 2.24) is 40.7 Å². The number of hydrogen-bond acceptors (Lipinski definition) is 17. The summed E-state index contributed by atoms with van der Waals surface area (Å²) < 4.78 is 31.1. The number of nitrogens with two attached hydrogens (primary N) is 1. The molecule has 1 aromatic rings. The summed E-state index contributed by atoms with van der Waals surface area (Å²) in [6.07, 6.45) is 1.60. The van der Waals surface area contributed by atoms with Crippen molar-refractivity contribution < 1.29 is 62.0 Å². The zero-order chi connectivity index (χ0) is 47.7. The number of aryl methyl sites for hydroxylation is 1. The van der Waals surface area contributed by atoms with Crippen LogP contribution < -0.4 is 21.7 Å². The SMILES string of the molecule is C=CCOC(=O)N(CCCN)CCCCN(CCCNCCCc1cn(CC(=O)NC2O[C@H](COC(C)=O)[C@@H](OC(C)=O)[C@H](OC(C)=O)[C@H]2NC(=O)C(Cl)(Cl)Cl)nn1)C(=O)OCC=C. The Morgan fingerprint density at radius 1 is 0.812 bits per heavy atom. The summed E-state index contributed by atoms with van der Waals surface area (Å²) in [7, 11) is 0. The molecule has 360 valence electrons. The van der Waals surface area contributed by atoms with Crippen molar-refractivity contribution in [3.63, 3.8) is 0 Å². The number of aromatic nitrogens is 3. The number of nitrogens with zero attached hydrogens (tertiary/aromatic N) is 5. The van der Waals surface area contributed by atoms with Crippen LogP contribution in [-0.4, -0.2) is 167 Å². The van der Waals surface area contributed by atoms with Gasteiger partial charge in [-0.05, 0) is 58.2 Å². The number of hydrogen-bond donors (Lipinski definition) is 4. The van der Waals surface area contributed by atoms with E-state index in [0.717, 1.165) is 20.8 Å². The van der Waals surface area contributed by atoms with Gasteiger partial charge in [-0.15, -0.1) is 5.10 Å². The predicted octanol–water partition coefficient (Wildman–Crippen LogP) is 1.69. The second-order valence-corrected chi connectivity index (χ2v) is 16.6. The fourth-order valence-corrected chi connectivity index (χ4v) is 6.33. The summed E-state index contributed by atoms with van der Waals surface area (Å²) in [5.41, 5.74) is 6.21. The Morgan fingerprint density at radius 2 is 1.38 bits per heavy atom. The molecular weight excluding hydrogens is 909 g/mol. The summed E-state index contributed by atoms with van der Waals surface area (Å²) in [5.74, 6) is -4.29. The van der Waals surface area contributed by atoms with Crippen molar-refractivity contribution in [1.29, 1.82) is 0 Å². The quantitative estimate of drug-likeness (QED) is 0.0306. The van der Waals surface area contributed by atoms with Crippen LogP contribution in [0.5, 0.6) is 0 Å². The molecule has 0 radical (unpaired) electrons. The zero-order valence-corrected chi connectivity index (χ0v) is 38.6. The number of carbonyl (C=O) groups is 7. The van der Waals surface area contributed by atoms with Gasteiger partial charge in [0, 0.05) is 53.1 Å². The van der Waals surface area contributed by atoms with E-state index in [4.69, 9.17) is 69.0 Å². The standard InChI is InChI=1S/C39H60Cl3N9O13/c1-6-21-59-37(57)49(19-11-14-43)17-8-9-18-50(38(58)60-22-7-2)20-12-16-44-15-10-13-29-23-51(48-47-29)24-31(55)45-35-32(46-36(56)39(40,41)42)34(63-28(5)54)33(62-27(4)53)30(64-35)25-61-26(3)52/h6-7,23,30,32-35,44H,1-2,8-22,24-25,43H2,3-5H3,(H,45,55)(H,46,56)/t30-,32-,33-,34-,35?/m1/s1. The molecule has 0 saturated carbocycles.